The third-order valence-electron chi connectivity index (χ3n) is 5.07. The lowest BCUT2D eigenvalue weighted by molar-refractivity contribution is 0.0730. The number of primary sulfonamides is 1. The zero-order valence-electron chi connectivity index (χ0n) is 18.8. The van der Waals surface area contributed by atoms with E-state index in [9.17, 15) is 13.2 Å². The van der Waals surface area contributed by atoms with Crippen LogP contribution in [0.1, 0.15) is 24.3 Å². The number of carbonyl (C=O) groups excluding carboxylic acids is 1. The van der Waals surface area contributed by atoms with Crippen LogP contribution in [-0.4, -0.2) is 61.5 Å². The molecule has 180 valence electrons. The summed E-state index contributed by atoms with van der Waals surface area (Å²) in [6.07, 6.45) is 1.52. The van der Waals surface area contributed by atoms with Gasteiger partial charge in [-0.15, -0.1) is 11.3 Å². The highest BCUT2D eigenvalue weighted by molar-refractivity contribution is 7.89. The average Bonchev–Trinajstić information content (AvgIpc) is 3.28. The monoisotopic (exact) mass is 502 g/mol. The summed E-state index contributed by atoms with van der Waals surface area (Å²) < 4.78 is 29.4. The van der Waals surface area contributed by atoms with Crippen molar-refractivity contribution in [1.29, 1.82) is 0 Å². The van der Waals surface area contributed by atoms with Crippen molar-refractivity contribution in [1.82, 2.24) is 20.2 Å². The van der Waals surface area contributed by atoms with Crippen LogP contribution in [0.4, 0.5) is 10.8 Å². The Balaban J connectivity index is 1.53. The van der Waals surface area contributed by atoms with Gasteiger partial charge in [0.2, 0.25) is 10.0 Å². The molecule has 1 saturated heterocycles. The van der Waals surface area contributed by atoms with Gasteiger partial charge in [-0.3, -0.25) is 9.78 Å². The molecule has 1 aliphatic heterocycles. The lowest BCUT2D eigenvalue weighted by atomic mass is 10.2. The topological polar surface area (TPSA) is 140 Å². The number of nitrogens with zero attached hydrogens (tertiary/aromatic N) is 3. The number of pyridine rings is 1. The Bertz CT molecular complexity index is 1270. The summed E-state index contributed by atoms with van der Waals surface area (Å²) in [4.78, 5) is 23.3. The Kier molecular flexibility index (Phi) is 7.12. The molecule has 12 heteroatoms. The van der Waals surface area contributed by atoms with Crippen LogP contribution in [0.2, 0.25) is 0 Å². The number of hydrogen-bond donors (Lipinski definition) is 3. The maximum Gasteiger partial charge on any atom is 0.272 e. The standard InChI is InChI=1S/C22H26N6O4S2/c1-14(2)32-20-6-4-16(34(23,30)31)11-18(20)26-22-27-19(13-33-22)15-3-5-17(25-12-15)21(29)28-9-7-24-8-10-28/h3-6,11-14,24H,7-10H2,1-2H3,(H,26,27)(H2,23,30,31). The Labute approximate surface area is 202 Å². The number of rotatable bonds is 7. The van der Waals surface area contributed by atoms with E-state index in [-0.39, 0.29) is 16.9 Å². The summed E-state index contributed by atoms with van der Waals surface area (Å²) in [5, 5.41) is 14.0. The van der Waals surface area contributed by atoms with E-state index in [0.717, 1.165) is 18.7 Å². The molecule has 1 aliphatic rings. The van der Waals surface area contributed by atoms with Gasteiger partial charge >= 0.3 is 0 Å². The van der Waals surface area contributed by atoms with Crippen molar-refractivity contribution < 1.29 is 17.9 Å². The van der Waals surface area contributed by atoms with E-state index in [1.807, 2.05) is 25.3 Å². The van der Waals surface area contributed by atoms with Gasteiger partial charge in [-0.05, 0) is 44.2 Å². The largest absolute Gasteiger partial charge is 0.489 e. The molecule has 3 aromatic rings. The van der Waals surface area contributed by atoms with Crippen LogP contribution in [0, 0.1) is 0 Å². The van der Waals surface area contributed by atoms with E-state index in [1.165, 1.54) is 23.5 Å². The molecule has 0 spiro atoms. The van der Waals surface area contributed by atoms with Gasteiger partial charge in [0.25, 0.3) is 5.91 Å². The zero-order valence-corrected chi connectivity index (χ0v) is 20.4. The average molecular weight is 503 g/mol. The van der Waals surface area contributed by atoms with Crippen LogP contribution >= 0.6 is 11.3 Å². The maximum absolute atomic E-state index is 12.6. The van der Waals surface area contributed by atoms with Crippen molar-refractivity contribution in [3.8, 4) is 17.0 Å². The number of hydrogen-bond acceptors (Lipinski definition) is 9. The van der Waals surface area contributed by atoms with Crippen molar-refractivity contribution >= 4 is 38.1 Å². The molecule has 0 unspecified atom stereocenters. The first-order valence-corrected chi connectivity index (χ1v) is 13.2. The van der Waals surface area contributed by atoms with E-state index in [0.29, 0.717) is 41.0 Å². The fourth-order valence-electron chi connectivity index (χ4n) is 3.42. The summed E-state index contributed by atoms with van der Waals surface area (Å²) in [6, 6.07) is 7.91. The van der Waals surface area contributed by atoms with Crippen molar-refractivity contribution in [2.75, 3.05) is 31.5 Å². The predicted molar refractivity (Wildman–Crippen MR) is 131 cm³/mol. The molecule has 34 heavy (non-hydrogen) atoms. The van der Waals surface area contributed by atoms with Crippen molar-refractivity contribution in [2.24, 2.45) is 5.14 Å². The van der Waals surface area contributed by atoms with Crippen molar-refractivity contribution in [3.05, 3.63) is 47.6 Å². The first-order chi connectivity index (χ1) is 16.2. The number of sulfonamides is 1. The SMILES string of the molecule is CC(C)Oc1ccc(S(N)(=O)=O)cc1Nc1nc(-c2ccc(C(=O)N3CCNCC3)nc2)cs1. The van der Waals surface area contributed by atoms with Gasteiger partial charge in [0, 0.05) is 43.3 Å². The third kappa shape index (κ3) is 5.70. The van der Waals surface area contributed by atoms with Gasteiger partial charge in [-0.2, -0.15) is 0 Å². The highest BCUT2D eigenvalue weighted by Crippen LogP contribution is 2.33. The summed E-state index contributed by atoms with van der Waals surface area (Å²) in [5.41, 5.74) is 2.28. The molecular weight excluding hydrogens is 476 g/mol. The minimum absolute atomic E-state index is 0.0307. The van der Waals surface area contributed by atoms with E-state index in [4.69, 9.17) is 9.88 Å². The number of nitrogens with two attached hydrogens (primary N) is 1. The second-order valence-electron chi connectivity index (χ2n) is 8.01. The second-order valence-corrected chi connectivity index (χ2v) is 10.4. The molecule has 0 bridgehead atoms. The first kappa shape index (κ1) is 24.1. The smallest absolute Gasteiger partial charge is 0.272 e. The van der Waals surface area contributed by atoms with Crippen molar-refractivity contribution in [3.63, 3.8) is 0 Å². The number of piperazine rings is 1. The third-order valence-corrected chi connectivity index (χ3v) is 6.74. The normalized spacial score (nSPS) is 14.3. The molecule has 4 N–H and O–H groups in total. The molecule has 3 heterocycles. The van der Waals surface area contributed by atoms with E-state index in [2.05, 4.69) is 20.6 Å². The van der Waals surface area contributed by atoms with Crippen molar-refractivity contribution in [2.45, 2.75) is 24.8 Å². The maximum atomic E-state index is 12.6. The van der Waals surface area contributed by atoms with Gasteiger partial charge in [-0.25, -0.2) is 18.5 Å². The molecule has 1 aromatic carbocycles. The number of nitrogens with one attached hydrogen (secondary N) is 2. The molecule has 0 atom stereocenters. The van der Waals surface area contributed by atoms with Crippen LogP contribution < -0.4 is 20.5 Å². The minimum atomic E-state index is -3.88. The molecule has 0 radical (unpaired) electrons. The van der Waals surface area contributed by atoms with E-state index < -0.39 is 10.0 Å². The lowest BCUT2D eigenvalue weighted by Gasteiger charge is -2.27. The predicted octanol–water partition coefficient (Wildman–Crippen LogP) is 2.43. The summed E-state index contributed by atoms with van der Waals surface area (Å²) in [5.74, 6) is 0.401. The Morgan fingerprint density at radius 3 is 2.65 bits per heavy atom. The number of anilines is 2. The van der Waals surface area contributed by atoms with Gasteiger partial charge in [0.15, 0.2) is 5.13 Å². The minimum Gasteiger partial charge on any atom is -0.489 e. The van der Waals surface area contributed by atoms with Gasteiger partial charge in [-0.1, -0.05) is 0 Å². The van der Waals surface area contributed by atoms with Crippen LogP contribution in [0.15, 0.2) is 46.8 Å². The summed E-state index contributed by atoms with van der Waals surface area (Å²) in [7, 11) is -3.88. The molecule has 1 amide bonds. The molecule has 0 aliphatic carbocycles. The van der Waals surface area contributed by atoms with Gasteiger partial charge in [0.1, 0.15) is 11.4 Å². The number of amides is 1. The molecule has 2 aromatic heterocycles. The summed E-state index contributed by atoms with van der Waals surface area (Å²) in [6.45, 7) is 6.65. The van der Waals surface area contributed by atoms with Crippen LogP contribution in [-0.2, 0) is 10.0 Å². The quantitative estimate of drug-likeness (QED) is 0.448. The number of carbonyl (C=O) groups is 1. The lowest BCUT2D eigenvalue weighted by Crippen LogP contribution is -2.46. The number of aromatic nitrogens is 2. The van der Waals surface area contributed by atoms with Crippen LogP contribution in [0.5, 0.6) is 5.75 Å². The van der Waals surface area contributed by atoms with Gasteiger partial charge < -0.3 is 20.3 Å². The fourth-order valence-corrected chi connectivity index (χ4v) is 4.69. The molecule has 1 fully saturated rings. The zero-order chi connectivity index (χ0) is 24.3. The number of thiazole rings is 1. The summed E-state index contributed by atoms with van der Waals surface area (Å²) >= 11 is 1.35. The number of benzene rings is 1. The number of ether oxygens (including phenoxy) is 1. The molecular formula is C22H26N6O4S2. The van der Waals surface area contributed by atoms with Crippen LogP contribution in [0.25, 0.3) is 11.3 Å². The highest BCUT2D eigenvalue weighted by atomic mass is 32.2. The molecule has 0 saturated carbocycles. The molecule has 4 rings (SSSR count). The van der Waals surface area contributed by atoms with Gasteiger partial charge in [0.05, 0.1) is 22.4 Å². The highest BCUT2D eigenvalue weighted by Gasteiger charge is 2.19. The Hall–Kier alpha value is -3.06. The van der Waals surface area contributed by atoms with E-state index in [1.54, 1.807) is 23.2 Å². The Morgan fingerprint density at radius 2 is 2.00 bits per heavy atom. The van der Waals surface area contributed by atoms with Crippen LogP contribution in [0.3, 0.4) is 0 Å². The Morgan fingerprint density at radius 1 is 1.24 bits per heavy atom. The molecule has 10 nitrogen and oxygen atoms in total. The fraction of sp³-hybridized carbons (Fsp3) is 0.318. The van der Waals surface area contributed by atoms with E-state index >= 15 is 0 Å². The second kappa shape index (κ2) is 10.1. The first-order valence-electron chi connectivity index (χ1n) is 10.7.